The standard InChI is InChI=1S/C26H26N2/c1-20(17-21-11-13-23(14-12-21)22-7-4-3-5-8-22)18-28(2)19-25-10-6-9-24-15-16-27-26(24)25/h3-17,27H,18-19H2,1-2H3/b20-17+. The highest BCUT2D eigenvalue weighted by molar-refractivity contribution is 5.82. The Hall–Kier alpha value is -3.10. The Morgan fingerprint density at radius 1 is 0.857 bits per heavy atom. The van der Waals surface area contributed by atoms with Gasteiger partial charge in [0.25, 0.3) is 0 Å². The molecule has 4 aromatic rings. The third-order valence-corrected chi connectivity index (χ3v) is 5.06. The Morgan fingerprint density at radius 3 is 2.39 bits per heavy atom. The van der Waals surface area contributed by atoms with Gasteiger partial charge in [0, 0.05) is 24.8 Å². The average molecular weight is 367 g/mol. The van der Waals surface area contributed by atoms with Gasteiger partial charge in [-0.1, -0.05) is 84.4 Å². The number of rotatable bonds is 6. The maximum atomic E-state index is 3.36. The molecule has 0 saturated carbocycles. The van der Waals surface area contributed by atoms with Gasteiger partial charge in [-0.2, -0.15) is 0 Å². The SMILES string of the molecule is C/C(=C\c1ccc(-c2ccccc2)cc1)CN(C)Cc1cccc2cc[nH]c12. The molecule has 0 radical (unpaired) electrons. The van der Waals surface area contributed by atoms with Crippen molar-refractivity contribution in [3.8, 4) is 11.1 Å². The number of nitrogens with zero attached hydrogens (tertiary/aromatic N) is 1. The fourth-order valence-corrected chi connectivity index (χ4v) is 3.79. The van der Waals surface area contributed by atoms with Crippen LogP contribution in [0.25, 0.3) is 28.1 Å². The number of hydrogen-bond acceptors (Lipinski definition) is 1. The van der Waals surface area contributed by atoms with Gasteiger partial charge in [-0.15, -0.1) is 0 Å². The van der Waals surface area contributed by atoms with E-state index in [-0.39, 0.29) is 0 Å². The van der Waals surface area contributed by atoms with Crippen molar-refractivity contribution in [2.45, 2.75) is 13.5 Å². The first-order chi connectivity index (χ1) is 13.7. The fourth-order valence-electron chi connectivity index (χ4n) is 3.79. The molecule has 0 saturated heterocycles. The largest absolute Gasteiger partial charge is 0.361 e. The predicted molar refractivity (Wildman–Crippen MR) is 120 cm³/mol. The second-order valence-electron chi connectivity index (χ2n) is 7.51. The summed E-state index contributed by atoms with van der Waals surface area (Å²) < 4.78 is 0. The number of fused-ring (bicyclic) bond motifs is 1. The molecule has 0 aliphatic rings. The number of benzene rings is 3. The summed E-state index contributed by atoms with van der Waals surface area (Å²) in [5.41, 5.74) is 7.70. The molecule has 0 bridgehead atoms. The Bertz CT molecular complexity index is 1070. The Balaban J connectivity index is 1.42. The number of H-pyrrole nitrogens is 1. The first-order valence-electron chi connectivity index (χ1n) is 9.75. The molecule has 4 rings (SSSR count). The van der Waals surface area contributed by atoms with Crippen molar-refractivity contribution in [2.24, 2.45) is 0 Å². The molecule has 0 atom stereocenters. The zero-order valence-corrected chi connectivity index (χ0v) is 16.5. The average Bonchev–Trinajstić information content (AvgIpc) is 3.19. The quantitative estimate of drug-likeness (QED) is 0.420. The van der Waals surface area contributed by atoms with Crippen LogP contribution in [0.2, 0.25) is 0 Å². The van der Waals surface area contributed by atoms with Crippen molar-refractivity contribution in [1.29, 1.82) is 0 Å². The number of nitrogens with one attached hydrogen (secondary N) is 1. The van der Waals surface area contributed by atoms with Crippen molar-refractivity contribution in [3.05, 3.63) is 102 Å². The molecule has 0 aliphatic carbocycles. The van der Waals surface area contributed by atoms with Crippen molar-refractivity contribution in [3.63, 3.8) is 0 Å². The smallest absolute Gasteiger partial charge is 0.0499 e. The van der Waals surface area contributed by atoms with E-state index in [9.17, 15) is 0 Å². The zero-order chi connectivity index (χ0) is 19.3. The Morgan fingerprint density at radius 2 is 1.61 bits per heavy atom. The molecule has 0 aliphatic heterocycles. The van der Waals surface area contributed by atoms with E-state index in [0.29, 0.717) is 0 Å². The second kappa shape index (κ2) is 8.28. The molecule has 3 aromatic carbocycles. The van der Waals surface area contributed by atoms with Gasteiger partial charge in [-0.3, -0.25) is 4.90 Å². The van der Waals surface area contributed by atoms with Gasteiger partial charge in [0.2, 0.25) is 0 Å². The van der Waals surface area contributed by atoms with Gasteiger partial charge in [0.1, 0.15) is 0 Å². The van der Waals surface area contributed by atoms with E-state index in [0.717, 1.165) is 13.1 Å². The molecular formula is C26H26N2. The van der Waals surface area contributed by atoms with Crippen molar-refractivity contribution in [1.82, 2.24) is 9.88 Å². The van der Waals surface area contributed by atoms with Crippen LogP contribution in [0.5, 0.6) is 0 Å². The van der Waals surface area contributed by atoms with Gasteiger partial charge in [0.05, 0.1) is 0 Å². The van der Waals surface area contributed by atoms with E-state index in [1.165, 1.54) is 38.7 Å². The summed E-state index contributed by atoms with van der Waals surface area (Å²) in [4.78, 5) is 5.73. The molecule has 28 heavy (non-hydrogen) atoms. The highest BCUT2D eigenvalue weighted by atomic mass is 15.1. The minimum Gasteiger partial charge on any atom is -0.361 e. The molecule has 2 nitrogen and oxygen atoms in total. The summed E-state index contributed by atoms with van der Waals surface area (Å²) in [5.74, 6) is 0. The summed E-state index contributed by atoms with van der Waals surface area (Å²) in [5, 5.41) is 1.27. The van der Waals surface area contributed by atoms with Crippen LogP contribution < -0.4 is 0 Å². The van der Waals surface area contributed by atoms with Gasteiger partial charge in [-0.25, -0.2) is 0 Å². The minimum atomic E-state index is 0.927. The van der Waals surface area contributed by atoms with Crippen LogP contribution in [-0.4, -0.2) is 23.5 Å². The van der Waals surface area contributed by atoms with Crippen LogP contribution in [-0.2, 0) is 6.54 Å². The highest BCUT2D eigenvalue weighted by Crippen LogP contribution is 2.21. The Kier molecular flexibility index (Phi) is 5.41. The van der Waals surface area contributed by atoms with Crippen LogP contribution in [0.3, 0.4) is 0 Å². The van der Waals surface area contributed by atoms with Gasteiger partial charge in [-0.05, 0) is 47.7 Å². The molecule has 1 aromatic heterocycles. The number of hydrogen-bond donors (Lipinski definition) is 1. The molecule has 140 valence electrons. The third-order valence-electron chi connectivity index (χ3n) is 5.06. The van der Waals surface area contributed by atoms with Crippen LogP contribution in [0.4, 0.5) is 0 Å². The normalized spacial score (nSPS) is 12.0. The monoisotopic (exact) mass is 366 g/mol. The molecular weight excluding hydrogens is 340 g/mol. The first-order valence-corrected chi connectivity index (χ1v) is 9.75. The van der Waals surface area contributed by atoms with E-state index in [2.05, 4.69) is 109 Å². The van der Waals surface area contributed by atoms with Gasteiger partial charge < -0.3 is 4.98 Å². The molecule has 2 heteroatoms. The van der Waals surface area contributed by atoms with E-state index < -0.39 is 0 Å². The van der Waals surface area contributed by atoms with Crippen LogP contribution in [0.15, 0.2) is 90.6 Å². The van der Waals surface area contributed by atoms with E-state index >= 15 is 0 Å². The molecule has 1 N–H and O–H groups in total. The minimum absolute atomic E-state index is 0.927. The van der Waals surface area contributed by atoms with Crippen molar-refractivity contribution < 1.29 is 0 Å². The number of aromatic amines is 1. The second-order valence-corrected chi connectivity index (χ2v) is 7.51. The van der Waals surface area contributed by atoms with E-state index in [4.69, 9.17) is 0 Å². The lowest BCUT2D eigenvalue weighted by molar-refractivity contribution is 0.357. The first kappa shape index (κ1) is 18.3. The lowest BCUT2D eigenvalue weighted by Gasteiger charge is -2.18. The maximum absolute atomic E-state index is 3.36. The number of likely N-dealkylation sites (N-methyl/N-ethyl adjacent to an activating group) is 1. The summed E-state index contributed by atoms with van der Waals surface area (Å²) in [6.07, 6.45) is 4.29. The van der Waals surface area contributed by atoms with Crippen LogP contribution in [0.1, 0.15) is 18.1 Å². The van der Waals surface area contributed by atoms with Crippen molar-refractivity contribution in [2.75, 3.05) is 13.6 Å². The van der Waals surface area contributed by atoms with E-state index in [1.807, 2.05) is 6.20 Å². The molecule has 1 heterocycles. The lowest BCUT2D eigenvalue weighted by Crippen LogP contribution is -2.20. The molecule has 0 fully saturated rings. The highest BCUT2D eigenvalue weighted by Gasteiger charge is 2.06. The van der Waals surface area contributed by atoms with Crippen LogP contribution >= 0.6 is 0 Å². The summed E-state index contributed by atoms with van der Waals surface area (Å²) >= 11 is 0. The number of aromatic nitrogens is 1. The molecule has 0 spiro atoms. The topological polar surface area (TPSA) is 19.0 Å². The van der Waals surface area contributed by atoms with E-state index in [1.54, 1.807) is 0 Å². The molecule has 0 unspecified atom stereocenters. The fraction of sp³-hybridized carbons (Fsp3) is 0.154. The number of para-hydroxylation sites is 1. The van der Waals surface area contributed by atoms with Crippen LogP contribution in [0, 0.1) is 0 Å². The predicted octanol–water partition coefficient (Wildman–Crippen LogP) is 6.37. The lowest BCUT2D eigenvalue weighted by atomic mass is 10.0. The molecule has 0 amide bonds. The van der Waals surface area contributed by atoms with Gasteiger partial charge >= 0.3 is 0 Å². The third kappa shape index (κ3) is 4.24. The van der Waals surface area contributed by atoms with Gasteiger partial charge in [0.15, 0.2) is 0 Å². The maximum Gasteiger partial charge on any atom is 0.0499 e. The summed E-state index contributed by atoms with van der Waals surface area (Å²) in [7, 11) is 2.18. The van der Waals surface area contributed by atoms with Crippen molar-refractivity contribution >= 4 is 17.0 Å². The summed E-state index contributed by atoms with van der Waals surface area (Å²) in [6.45, 7) is 4.07. The summed E-state index contributed by atoms with van der Waals surface area (Å²) in [6, 6.07) is 27.9. The zero-order valence-electron chi connectivity index (χ0n) is 16.5. The Labute approximate surface area is 167 Å².